The Labute approximate surface area is 174 Å². The van der Waals surface area contributed by atoms with Gasteiger partial charge in [-0.05, 0) is 43.4 Å². The molecule has 1 aliphatic rings. The van der Waals surface area contributed by atoms with Crippen LogP contribution < -0.4 is 10.6 Å². The van der Waals surface area contributed by atoms with E-state index in [-0.39, 0.29) is 23.7 Å². The molecule has 0 aliphatic carbocycles. The summed E-state index contributed by atoms with van der Waals surface area (Å²) >= 11 is 6.16. The van der Waals surface area contributed by atoms with Crippen LogP contribution in [0.1, 0.15) is 45.6 Å². The lowest BCUT2D eigenvalue weighted by Gasteiger charge is -2.39. The average Bonchev–Trinajstić information content (AvgIpc) is 2.65. The molecule has 2 amide bonds. The Bertz CT molecular complexity index is 684. The lowest BCUT2D eigenvalue weighted by molar-refractivity contribution is -0.142. The zero-order valence-electron chi connectivity index (χ0n) is 17.6. The Morgan fingerprint density at radius 2 is 1.79 bits per heavy atom. The van der Waals surface area contributed by atoms with Crippen molar-refractivity contribution in [3.05, 3.63) is 28.8 Å². The predicted molar refractivity (Wildman–Crippen MR) is 116 cm³/mol. The molecule has 2 rings (SSSR count). The topological polar surface area (TPSA) is 66.6 Å². The fourth-order valence-electron chi connectivity index (χ4n) is 4.12. The van der Waals surface area contributed by atoms with E-state index in [0.717, 1.165) is 30.2 Å². The summed E-state index contributed by atoms with van der Waals surface area (Å²) in [5, 5.41) is 0.722. The molecule has 6 heteroatoms. The van der Waals surface area contributed by atoms with Crippen LogP contribution in [0.15, 0.2) is 18.2 Å². The van der Waals surface area contributed by atoms with Gasteiger partial charge in [0.2, 0.25) is 11.8 Å². The first-order chi connectivity index (χ1) is 13.2. The Hall–Kier alpha value is -1.75. The number of rotatable bonds is 8. The van der Waals surface area contributed by atoms with Crippen molar-refractivity contribution >= 4 is 29.1 Å². The van der Waals surface area contributed by atoms with Crippen LogP contribution in [-0.2, 0) is 9.59 Å². The van der Waals surface area contributed by atoms with Crippen molar-refractivity contribution < 1.29 is 9.59 Å². The molecule has 1 fully saturated rings. The van der Waals surface area contributed by atoms with E-state index in [1.807, 2.05) is 30.0 Å². The highest BCUT2D eigenvalue weighted by molar-refractivity contribution is 6.30. The SMILES string of the molecule is CCC[C@H](C(N)=O)[C@@H](CC(C)C)C(=O)N1CCN(c2cc(Cl)ccc2C)CC1. The van der Waals surface area contributed by atoms with Crippen molar-refractivity contribution in [1.29, 1.82) is 0 Å². The zero-order chi connectivity index (χ0) is 20.8. The largest absolute Gasteiger partial charge is 0.369 e. The van der Waals surface area contributed by atoms with Crippen LogP contribution in [0.4, 0.5) is 5.69 Å². The molecule has 5 nitrogen and oxygen atoms in total. The maximum atomic E-state index is 13.3. The first-order valence-corrected chi connectivity index (χ1v) is 10.7. The molecular formula is C22H34ClN3O2. The van der Waals surface area contributed by atoms with Gasteiger partial charge >= 0.3 is 0 Å². The van der Waals surface area contributed by atoms with Gasteiger partial charge in [0, 0.05) is 48.7 Å². The lowest BCUT2D eigenvalue weighted by atomic mass is 9.81. The summed E-state index contributed by atoms with van der Waals surface area (Å²) in [5.74, 6) is -0.643. The van der Waals surface area contributed by atoms with E-state index in [2.05, 4.69) is 25.7 Å². The maximum absolute atomic E-state index is 13.3. The minimum atomic E-state index is -0.381. The van der Waals surface area contributed by atoms with Crippen molar-refractivity contribution in [3.63, 3.8) is 0 Å². The van der Waals surface area contributed by atoms with E-state index in [0.29, 0.717) is 31.8 Å². The molecule has 2 N–H and O–H groups in total. The zero-order valence-corrected chi connectivity index (χ0v) is 18.3. The number of anilines is 1. The Morgan fingerprint density at radius 1 is 1.14 bits per heavy atom. The Kier molecular flexibility index (Phi) is 8.17. The van der Waals surface area contributed by atoms with Crippen molar-refractivity contribution in [2.75, 3.05) is 31.1 Å². The summed E-state index contributed by atoms with van der Waals surface area (Å²) in [6.07, 6.45) is 2.21. The van der Waals surface area contributed by atoms with Gasteiger partial charge in [0.1, 0.15) is 0 Å². The number of amides is 2. The van der Waals surface area contributed by atoms with E-state index >= 15 is 0 Å². The molecule has 28 heavy (non-hydrogen) atoms. The smallest absolute Gasteiger partial charge is 0.226 e. The third-order valence-electron chi connectivity index (χ3n) is 5.60. The number of hydrogen-bond donors (Lipinski definition) is 1. The van der Waals surface area contributed by atoms with Gasteiger partial charge in [-0.2, -0.15) is 0 Å². The number of nitrogens with two attached hydrogens (primary N) is 1. The second-order valence-electron chi connectivity index (χ2n) is 8.28. The van der Waals surface area contributed by atoms with Crippen molar-refractivity contribution in [2.24, 2.45) is 23.5 Å². The standard InChI is InChI=1S/C22H34ClN3O2/c1-5-6-18(21(24)27)19(13-15(2)3)22(28)26-11-9-25(10-12-26)20-14-17(23)8-7-16(20)4/h7-8,14-15,18-19H,5-6,9-13H2,1-4H3,(H2,24,27)/t18-,19+/m0/s1. The molecule has 1 saturated heterocycles. The quantitative estimate of drug-likeness (QED) is 0.711. The van der Waals surface area contributed by atoms with Gasteiger partial charge in [-0.1, -0.05) is 44.9 Å². The summed E-state index contributed by atoms with van der Waals surface area (Å²) < 4.78 is 0. The third kappa shape index (κ3) is 5.63. The van der Waals surface area contributed by atoms with E-state index in [9.17, 15) is 9.59 Å². The van der Waals surface area contributed by atoms with Crippen LogP contribution in [0.5, 0.6) is 0 Å². The number of nitrogens with zero attached hydrogens (tertiary/aromatic N) is 2. The molecule has 0 spiro atoms. The molecule has 0 bridgehead atoms. The molecule has 156 valence electrons. The number of piperazine rings is 1. The van der Waals surface area contributed by atoms with E-state index in [4.69, 9.17) is 17.3 Å². The molecule has 0 aromatic heterocycles. The summed E-state index contributed by atoms with van der Waals surface area (Å²) in [6.45, 7) is 11.1. The number of carbonyl (C=O) groups excluding carboxylic acids is 2. The highest BCUT2D eigenvalue weighted by Crippen LogP contribution is 2.29. The monoisotopic (exact) mass is 407 g/mol. The van der Waals surface area contributed by atoms with Gasteiger partial charge in [0.05, 0.1) is 0 Å². The van der Waals surface area contributed by atoms with Crippen LogP contribution in [-0.4, -0.2) is 42.9 Å². The van der Waals surface area contributed by atoms with Crippen LogP contribution >= 0.6 is 11.6 Å². The van der Waals surface area contributed by atoms with E-state index < -0.39 is 0 Å². The van der Waals surface area contributed by atoms with Gasteiger partial charge in [0.15, 0.2) is 0 Å². The number of hydrogen-bond acceptors (Lipinski definition) is 3. The van der Waals surface area contributed by atoms with Gasteiger partial charge in [-0.15, -0.1) is 0 Å². The summed E-state index contributed by atoms with van der Waals surface area (Å²) in [4.78, 5) is 29.5. The first-order valence-electron chi connectivity index (χ1n) is 10.3. The van der Waals surface area contributed by atoms with Crippen molar-refractivity contribution in [1.82, 2.24) is 4.90 Å². The van der Waals surface area contributed by atoms with Crippen LogP contribution in [0, 0.1) is 24.7 Å². The first kappa shape index (κ1) is 22.5. The van der Waals surface area contributed by atoms with Gasteiger partial charge in [0.25, 0.3) is 0 Å². The van der Waals surface area contributed by atoms with Gasteiger partial charge < -0.3 is 15.5 Å². The molecule has 1 aromatic rings. The van der Waals surface area contributed by atoms with Crippen LogP contribution in [0.2, 0.25) is 5.02 Å². The van der Waals surface area contributed by atoms with Crippen LogP contribution in [0.3, 0.4) is 0 Å². The van der Waals surface area contributed by atoms with E-state index in [1.165, 1.54) is 5.56 Å². The predicted octanol–water partition coefficient (Wildman–Crippen LogP) is 3.86. The van der Waals surface area contributed by atoms with Crippen LogP contribution in [0.25, 0.3) is 0 Å². The minimum absolute atomic E-state index is 0.0772. The maximum Gasteiger partial charge on any atom is 0.226 e. The molecule has 1 aromatic carbocycles. The molecular weight excluding hydrogens is 374 g/mol. The molecule has 1 heterocycles. The Balaban J connectivity index is 2.10. The molecule has 0 radical (unpaired) electrons. The fourth-order valence-corrected chi connectivity index (χ4v) is 4.29. The van der Waals surface area contributed by atoms with Crippen molar-refractivity contribution in [2.45, 2.75) is 47.0 Å². The molecule has 1 aliphatic heterocycles. The normalized spacial score (nSPS) is 16.9. The highest BCUT2D eigenvalue weighted by atomic mass is 35.5. The number of aryl methyl sites for hydroxylation is 1. The number of benzene rings is 1. The molecule has 2 atom stereocenters. The summed E-state index contributed by atoms with van der Waals surface area (Å²) in [5.41, 5.74) is 7.97. The number of halogens is 1. The second-order valence-corrected chi connectivity index (χ2v) is 8.71. The minimum Gasteiger partial charge on any atom is -0.369 e. The Morgan fingerprint density at radius 3 is 2.32 bits per heavy atom. The number of primary amides is 1. The summed E-state index contributed by atoms with van der Waals surface area (Å²) in [7, 11) is 0. The third-order valence-corrected chi connectivity index (χ3v) is 5.83. The van der Waals surface area contributed by atoms with Gasteiger partial charge in [-0.25, -0.2) is 0 Å². The lowest BCUT2D eigenvalue weighted by Crippen LogP contribution is -2.52. The second kappa shape index (κ2) is 10.1. The number of carbonyl (C=O) groups is 2. The molecule has 0 saturated carbocycles. The van der Waals surface area contributed by atoms with Gasteiger partial charge in [-0.3, -0.25) is 9.59 Å². The fraction of sp³-hybridized carbons (Fsp3) is 0.636. The molecule has 0 unspecified atom stereocenters. The highest BCUT2D eigenvalue weighted by Gasteiger charge is 2.36. The average molecular weight is 408 g/mol. The van der Waals surface area contributed by atoms with Crippen molar-refractivity contribution in [3.8, 4) is 0 Å². The summed E-state index contributed by atoms with van der Waals surface area (Å²) in [6, 6.07) is 5.91. The van der Waals surface area contributed by atoms with E-state index in [1.54, 1.807) is 0 Å².